The van der Waals surface area contributed by atoms with E-state index in [1.165, 1.54) is 18.2 Å². The highest BCUT2D eigenvalue weighted by atomic mass is 16.6. The summed E-state index contributed by atoms with van der Waals surface area (Å²) in [6.45, 7) is 0.470. The van der Waals surface area contributed by atoms with Crippen LogP contribution in [0, 0.1) is 10.1 Å². The number of nitro groups is 1. The van der Waals surface area contributed by atoms with E-state index >= 15 is 0 Å². The van der Waals surface area contributed by atoms with Crippen LogP contribution in [0.1, 0.15) is 11.1 Å². The molecule has 1 aromatic carbocycles. The molecule has 0 spiro atoms. The fourth-order valence-corrected chi connectivity index (χ4v) is 1.85. The van der Waals surface area contributed by atoms with Gasteiger partial charge in [0.1, 0.15) is 0 Å². The SMILES string of the molecule is CN(Cc1cccnc1)C(=O)/C=C/c1ccc([N+](=O)[O-])cc1. The molecular weight excluding hydrogens is 282 g/mol. The summed E-state index contributed by atoms with van der Waals surface area (Å²) in [4.78, 5) is 27.7. The van der Waals surface area contributed by atoms with E-state index < -0.39 is 4.92 Å². The fraction of sp³-hybridized carbons (Fsp3) is 0.125. The van der Waals surface area contributed by atoms with Crippen molar-refractivity contribution in [2.24, 2.45) is 0 Å². The number of carbonyl (C=O) groups is 1. The number of hydrogen-bond donors (Lipinski definition) is 0. The summed E-state index contributed by atoms with van der Waals surface area (Å²) in [6.07, 6.45) is 6.47. The Morgan fingerprint density at radius 3 is 2.64 bits per heavy atom. The number of benzene rings is 1. The summed E-state index contributed by atoms with van der Waals surface area (Å²) in [5, 5.41) is 10.6. The standard InChI is InChI=1S/C16H15N3O3/c1-18(12-14-3-2-10-17-11-14)16(20)9-6-13-4-7-15(8-5-13)19(21)22/h2-11H,12H2,1H3/b9-6+. The van der Waals surface area contributed by atoms with Gasteiger partial charge in [0, 0.05) is 44.2 Å². The number of rotatable bonds is 5. The van der Waals surface area contributed by atoms with E-state index in [-0.39, 0.29) is 11.6 Å². The number of nitro benzene ring substituents is 1. The molecule has 0 aliphatic carbocycles. The Morgan fingerprint density at radius 2 is 2.05 bits per heavy atom. The Balaban J connectivity index is 1.97. The van der Waals surface area contributed by atoms with Gasteiger partial charge in [-0.25, -0.2) is 0 Å². The molecule has 0 atom stereocenters. The summed E-state index contributed by atoms with van der Waals surface area (Å²) in [5.41, 5.74) is 1.70. The molecule has 6 nitrogen and oxygen atoms in total. The molecule has 0 bridgehead atoms. The number of hydrogen-bond acceptors (Lipinski definition) is 4. The molecule has 6 heteroatoms. The van der Waals surface area contributed by atoms with Crippen LogP contribution in [0.25, 0.3) is 6.08 Å². The molecule has 0 fully saturated rings. The van der Waals surface area contributed by atoms with Crippen molar-refractivity contribution < 1.29 is 9.72 Å². The summed E-state index contributed by atoms with van der Waals surface area (Å²) in [6, 6.07) is 9.73. The Hall–Kier alpha value is -3.02. The fourth-order valence-electron chi connectivity index (χ4n) is 1.85. The molecule has 0 N–H and O–H groups in total. The highest BCUT2D eigenvalue weighted by Crippen LogP contribution is 2.13. The molecular formula is C16H15N3O3. The van der Waals surface area contributed by atoms with E-state index in [9.17, 15) is 14.9 Å². The molecule has 0 aliphatic rings. The molecule has 1 amide bonds. The first kappa shape index (κ1) is 15.4. The van der Waals surface area contributed by atoms with Crippen LogP contribution in [0.4, 0.5) is 5.69 Å². The van der Waals surface area contributed by atoms with Gasteiger partial charge in [0.15, 0.2) is 0 Å². The summed E-state index contributed by atoms with van der Waals surface area (Å²) in [7, 11) is 1.70. The minimum Gasteiger partial charge on any atom is -0.338 e. The van der Waals surface area contributed by atoms with Gasteiger partial charge in [-0.05, 0) is 35.4 Å². The molecule has 1 heterocycles. The van der Waals surface area contributed by atoms with Crippen molar-refractivity contribution >= 4 is 17.7 Å². The highest BCUT2D eigenvalue weighted by molar-refractivity contribution is 5.91. The van der Waals surface area contributed by atoms with E-state index in [4.69, 9.17) is 0 Å². The molecule has 0 unspecified atom stereocenters. The predicted molar refractivity (Wildman–Crippen MR) is 82.8 cm³/mol. The predicted octanol–water partition coefficient (Wildman–Crippen LogP) is 2.66. The van der Waals surface area contributed by atoms with E-state index in [1.54, 1.807) is 42.6 Å². The number of carbonyl (C=O) groups excluding carboxylic acids is 1. The second kappa shape index (κ2) is 7.12. The number of non-ortho nitro benzene ring substituents is 1. The zero-order valence-electron chi connectivity index (χ0n) is 12.0. The lowest BCUT2D eigenvalue weighted by molar-refractivity contribution is -0.384. The first-order valence-corrected chi connectivity index (χ1v) is 6.63. The van der Waals surface area contributed by atoms with E-state index in [0.717, 1.165) is 11.1 Å². The first-order valence-electron chi connectivity index (χ1n) is 6.63. The van der Waals surface area contributed by atoms with Gasteiger partial charge in [0.25, 0.3) is 5.69 Å². The number of likely N-dealkylation sites (N-methyl/N-ethyl adjacent to an activating group) is 1. The van der Waals surface area contributed by atoms with Gasteiger partial charge in [-0.2, -0.15) is 0 Å². The van der Waals surface area contributed by atoms with Gasteiger partial charge in [0.05, 0.1) is 4.92 Å². The maximum Gasteiger partial charge on any atom is 0.269 e. The van der Waals surface area contributed by atoms with Crippen molar-refractivity contribution in [2.75, 3.05) is 7.05 Å². The third-order valence-electron chi connectivity index (χ3n) is 3.04. The van der Waals surface area contributed by atoms with Crippen LogP contribution < -0.4 is 0 Å². The molecule has 22 heavy (non-hydrogen) atoms. The van der Waals surface area contributed by atoms with E-state index in [2.05, 4.69) is 4.98 Å². The zero-order valence-corrected chi connectivity index (χ0v) is 12.0. The molecule has 0 saturated carbocycles. The van der Waals surface area contributed by atoms with Crippen LogP contribution in [-0.4, -0.2) is 27.8 Å². The van der Waals surface area contributed by atoms with Crippen LogP contribution >= 0.6 is 0 Å². The Labute approximate surface area is 127 Å². The van der Waals surface area contributed by atoms with Crippen molar-refractivity contribution in [3.63, 3.8) is 0 Å². The second-order valence-corrected chi connectivity index (χ2v) is 4.74. The van der Waals surface area contributed by atoms with Crippen LogP contribution in [0.5, 0.6) is 0 Å². The summed E-state index contributed by atoms with van der Waals surface area (Å²) >= 11 is 0. The lowest BCUT2D eigenvalue weighted by Gasteiger charge is -2.14. The van der Waals surface area contributed by atoms with Gasteiger partial charge < -0.3 is 4.90 Å². The van der Waals surface area contributed by atoms with Gasteiger partial charge in [-0.1, -0.05) is 6.07 Å². The maximum atomic E-state index is 12.0. The minimum atomic E-state index is -0.458. The average Bonchev–Trinajstić information content (AvgIpc) is 2.53. The van der Waals surface area contributed by atoms with Crippen LogP contribution in [-0.2, 0) is 11.3 Å². The number of aromatic nitrogens is 1. The molecule has 0 radical (unpaired) electrons. The Kier molecular flexibility index (Phi) is 4.98. The molecule has 2 aromatic rings. The third kappa shape index (κ3) is 4.24. The van der Waals surface area contributed by atoms with E-state index in [0.29, 0.717) is 6.54 Å². The van der Waals surface area contributed by atoms with Gasteiger partial charge in [-0.3, -0.25) is 19.9 Å². The second-order valence-electron chi connectivity index (χ2n) is 4.74. The highest BCUT2D eigenvalue weighted by Gasteiger charge is 2.06. The van der Waals surface area contributed by atoms with Crippen molar-refractivity contribution in [1.29, 1.82) is 0 Å². The van der Waals surface area contributed by atoms with Crippen LogP contribution in [0.3, 0.4) is 0 Å². The average molecular weight is 297 g/mol. The quantitative estimate of drug-likeness (QED) is 0.483. The largest absolute Gasteiger partial charge is 0.338 e. The Bertz CT molecular complexity index is 682. The number of nitrogens with zero attached hydrogens (tertiary/aromatic N) is 3. The smallest absolute Gasteiger partial charge is 0.269 e. The van der Waals surface area contributed by atoms with Crippen molar-refractivity contribution in [3.8, 4) is 0 Å². The molecule has 0 saturated heterocycles. The molecule has 0 aliphatic heterocycles. The first-order chi connectivity index (χ1) is 10.6. The summed E-state index contributed by atoms with van der Waals surface area (Å²) in [5.74, 6) is -0.151. The van der Waals surface area contributed by atoms with E-state index in [1.807, 2.05) is 12.1 Å². The number of amides is 1. The zero-order chi connectivity index (χ0) is 15.9. The molecule has 112 valence electrons. The Morgan fingerprint density at radius 1 is 1.32 bits per heavy atom. The molecule has 1 aromatic heterocycles. The lowest BCUT2D eigenvalue weighted by atomic mass is 10.2. The summed E-state index contributed by atoms with van der Waals surface area (Å²) < 4.78 is 0. The van der Waals surface area contributed by atoms with Gasteiger partial charge in [0.2, 0.25) is 5.91 Å². The normalized spacial score (nSPS) is 10.6. The third-order valence-corrected chi connectivity index (χ3v) is 3.04. The van der Waals surface area contributed by atoms with Crippen molar-refractivity contribution in [2.45, 2.75) is 6.54 Å². The van der Waals surface area contributed by atoms with Crippen molar-refractivity contribution in [3.05, 3.63) is 76.1 Å². The minimum absolute atomic E-state index is 0.0252. The van der Waals surface area contributed by atoms with Gasteiger partial charge in [-0.15, -0.1) is 0 Å². The van der Waals surface area contributed by atoms with Crippen LogP contribution in [0.15, 0.2) is 54.9 Å². The van der Waals surface area contributed by atoms with Crippen LogP contribution in [0.2, 0.25) is 0 Å². The maximum absolute atomic E-state index is 12.0. The van der Waals surface area contributed by atoms with Crippen molar-refractivity contribution in [1.82, 2.24) is 9.88 Å². The lowest BCUT2D eigenvalue weighted by Crippen LogP contribution is -2.24. The van der Waals surface area contributed by atoms with Gasteiger partial charge >= 0.3 is 0 Å². The topological polar surface area (TPSA) is 76.3 Å². The monoisotopic (exact) mass is 297 g/mol. The molecule has 2 rings (SSSR count). The number of pyridine rings is 1.